The van der Waals surface area contributed by atoms with Gasteiger partial charge in [-0.25, -0.2) is 0 Å². The van der Waals surface area contributed by atoms with Crippen LogP contribution in [-0.2, 0) is 16.0 Å². The molecule has 84 valence electrons. The second kappa shape index (κ2) is 5.31. The number of hydrogen-bond acceptors (Lipinski definition) is 3. The molecule has 0 aliphatic heterocycles. The molecule has 1 heterocycles. The molecule has 0 aromatic carbocycles. The first-order chi connectivity index (χ1) is 7.03. The van der Waals surface area contributed by atoms with E-state index in [9.17, 15) is 4.79 Å². The van der Waals surface area contributed by atoms with Crippen molar-refractivity contribution in [1.29, 1.82) is 0 Å². The van der Waals surface area contributed by atoms with Crippen molar-refractivity contribution < 1.29 is 9.53 Å². The van der Waals surface area contributed by atoms with Crippen LogP contribution in [-0.4, -0.2) is 13.1 Å². The lowest BCUT2D eigenvalue weighted by atomic mass is 9.84. The van der Waals surface area contributed by atoms with Gasteiger partial charge in [0.2, 0.25) is 0 Å². The molecule has 0 N–H and O–H groups in total. The molecule has 1 aromatic heterocycles. The van der Waals surface area contributed by atoms with E-state index in [-0.39, 0.29) is 11.4 Å². The van der Waals surface area contributed by atoms with Crippen molar-refractivity contribution in [2.75, 3.05) is 7.11 Å². The van der Waals surface area contributed by atoms with Gasteiger partial charge in [0.1, 0.15) is 0 Å². The molecular formula is C12H18O2S. The molecule has 0 atom stereocenters. The zero-order valence-corrected chi connectivity index (χ0v) is 10.4. The second-order valence-corrected chi connectivity index (χ2v) is 5.53. The molecule has 1 rings (SSSR count). The summed E-state index contributed by atoms with van der Waals surface area (Å²) in [4.78, 5) is 12.6. The van der Waals surface area contributed by atoms with E-state index in [1.54, 1.807) is 11.3 Å². The van der Waals surface area contributed by atoms with Gasteiger partial charge in [0.05, 0.1) is 13.5 Å². The summed E-state index contributed by atoms with van der Waals surface area (Å²) in [6, 6.07) is 4.20. The number of carbonyl (C=O) groups is 1. The predicted octanol–water partition coefficient (Wildman–Crippen LogP) is 3.27. The summed E-state index contributed by atoms with van der Waals surface area (Å²) in [5.74, 6) is -0.119. The molecule has 0 saturated carbocycles. The highest BCUT2D eigenvalue weighted by atomic mass is 32.1. The van der Waals surface area contributed by atoms with Crippen molar-refractivity contribution in [2.45, 2.75) is 33.1 Å². The zero-order chi connectivity index (χ0) is 11.3. The largest absolute Gasteiger partial charge is 0.469 e. The Morgan fingerprint density at radius 1 is 1.53 bits per heavy atom. The Morgan fingerprint density at radius 3 is 2.80 bits per heavy atom. The Morgan fingerprint density at radius 2 is 2.27 bits per heavy atom. The van der Waals surface area contributed by atoms with Crippen LogP contribution in [0.25, 0.3) is 0 Å². The summed E-state index contributed by atoms with van der Waals surface area (Å²) in [7, 11) is 1.44. The van der Waals surface area contributed by atoms with Crippen LogP contribution in [0.15, 0.2) is 17.5 Å². The van der Waals surface area contributed by atoms with Crippen LogP contribution >= 0.6 is 11.3 Å². The number of rotatable bonds is 5. The average molecular weight is 226 g/mol. The molecule has 0 bridgehead atoms. The van der Waals surface area contributed by atoms with Gasteiger partial charge in [0.15, 0.2) is 0 Å². The topological polar surface area (TPSA) is 26.3 Å². The predicted molar refractivity (Wildman–Crippen MR) is 63.1 cm³/mol. The van der Waals surface area contributed by atoms with Gasteiger partial charge >= 0.3 is 5.97 Å². The maximum atomic E-state index is 11.2. The lowest BCUT2D eigenvalue weighted by molar-refractivity contribution is -0.143. The third kappa shape index (κ3) is 4.47. The number of methoxy groups -OCH3 is 1. The van der Waals surface area contributed by atoms with Crippen LogP contribution < -0.4 is 0 Å². The third-order valence-electron chi connectivity index (χ3n) is 2.48. The normalized spacial score (nSPS) is 11.4. The molecule has 3 heteroatoms. The molecular weight excluding hydrogens is 208 g/mol. The Kier molecular flexibility index (Phi) is 4.33. The summed E-state index contributed by atoms with van der Waals surface area (Å²) in [6.07, 6.45) is 2.55. The quantitative estimate of drug-likeness (QED) is 0.720. The lowest BCUT2D eigenvalue weighted by Crippen LogP contribution is -2.18. The van der Waals surface area contributed by atoms with Crippen molar-refractivity contribution in [3.05, 3.63) is 22.4 Å². The van der Waals surface area contributed by atoms with E-state index in [1.807, 2.05) is 0 Å². The highest BCUT2D eigenvalue weighted by Crippen LogP contribution is 2.28. The summed E-state index contributed by atoms with van der Waals surface area (Å²) in [6.45, 7) is 4.22. The van der Waals surface area contributed by atoms with Crippen LogP contribution in [0.5, 0.6) is 0 Å². The number of carbonyl (C=O) groups excluding carboxylic acids is 1. The first-order valence-corrected chi connectivity index (χ1v) is 6.01. The van der Waals surface area contributed by atoms with Crippen LogP contribution in [0, 0.1) is 5.41 Å². The van der Waals surface area contributed by atoms with Gasteiger partial charge in [0, 0.05) is 4.88 Å². The molecule has 0 aliphatic rings. The van der Waals surface area contributed by atoms with E-state index in [1.165, 1.54) is 12.0 Å². The van der Waals surface area contributed by atoms with Crippen molar-refractivity contribution in [3.63, 3.8) is 0 Å². The van der Waals surface area contributed by atoms with Gasteiger partial charge in [-0.3, -0.25) is 4.79 Å². The Labute approximate surface area is 95.3 Å². The van der Waals surface area contributed by atoms with Gasteiger partial charge < -0.3 is 4.74 Å². The number of ether oxygens (including phenoxy) is 1. The molecule has 0 radical (unpaired) electrons. The molecule has 0 saturated heterocycles. The van der Waals surface area contributed by atoms with Gasteiger partial charge in [-0.2, -0.15) is 0 Å². The van der Waals surface area contributed by atoms with E-state index in [4.69, 9.17) is 0 Å². The highest BCUT2D eigenvalue weighted by molar-refractivity contribution is 7.09. The van der Waals surface area contributed by atoms with Gasteiger partial charge in [-0.1, -0.05) is 19.9 Å². The minimum Gasteiger partial charge on any atom is -0.469 e. The van der Waals surface area contributed by atoms with Gasteiger partial charge in [-0.05, 0) is 29.7 Å². The molecule has 0 amide bonds. The first-order valence-electron chi connectivity index (χ1n) is 5.13. The number of aryl methyl sites for hydroxylation is 1. The highest BCUT2D eigenvalue weighted by Gasteiger charge is 2.22. The zero-order valence-electron chi connectivity index (χ0n) is 9.58. The van der Waals surface area contributed by atoms with Crippen LogP contribution in [0.1, 0.15) is 31.6 Å². The number of esters is 1. The molecule has 1 aromatic rings. The first kappa shape index (κ1) is 12.2. The van der Waals surface area contributed by atoms with E-state index in [0.717, 1.165) is 12.8 Å². The molecule has 0 spiro atoms. The van der Waals surface area contributed by atoms with Crippen LogP contribution in [0.3, 0.4) is 0 Å². The second-order valence-electron chi connectivity index (χ2n) is 4.50. The van der Waals surface area contributed by atoms with Crippen molar-refractivity contribution in [2.24, 2.45) is 5.41 Å². The SMILES string of the molecule is COC(=O)CC(C)(C)CCc1cccs1. The molecule has 0 aliphatic carbocycles. The van der Waals surface area contributed by atoms with E-state index >= 15 is 0 Å². The van der Waals surface area contributed by atoms with Gasteiger partial charge in [0.25, 0.3) is 0 Å². The maximum Gasteiger partial charge on any atom is 0.306 e. The molecule has 15 heavy (non-hydrogen) atoms. The van der Waals surface area contributed by atoms with E-state index < -0.39 is 0 Å². The maximum absolute atomic E-state index is 11.2. The van der Waals surface area contributed by atoms with Gasteiger partial charge in [-0.15, -0.1) is 11.3 Å². The van der Waals surface area contributed by atoms with Crippen molar-refractivity contribution in [1.82, 2.24) is 0 Å². The monoisotopic (exact) mass is 226 g/mol. The number of hydrogen-bond donors (Lipinski definition) is 0. The summed E-state index contributed by atoms with van der Waals surface area (Å²) in [5.41, 5.74) is 0.0249. The standard InChI is InChI=1S/C12H18O2S/c1-12(2,9-11(13)14-3)7-6-10-5-4-8-15-10/h4-5,8H,6-7,9H2,1-3H3. The minimum absolute atomic E-state index is 0.0249. The van der Waals surface area contributed by atoms with Crippen LogP contribution in [0.4, 0.5) is 0 Å². The van der Waals surface area contributed by atoms with E-state index in [0.29, 0.717) is 6.42 Å². The fourth-order valence-corrected chi connectivity index (χ4v) is 2.18. The molecule has 0 fully saturated rings. The van der Waals surface area contributed by atoms with Crippen molar-refractivity contribution in [3.8, 4) is 0 Å². The smallest absolute Gasteiger partial charge is 0.306 e. The fraction of sp³-hybridized carbons (Fsp3) is 0.583. The van der Waals surface area contributed by atoms with Crippen molar-refractivity contribution >= 4 is 17.3 Å². The minimum atomic E-state index is -0.119. The third-order valence-corrected chi connectivity index (χ3v) is 3.42. The molecule has 0 unspecified atom stereocenters. The average Bonchev–Trinajstić information content (AvgIpc) is 2.66. The summed E-state index contributed by atoms with van der Waals surface area (Å²) < 4.78 is 4.69. The fourth-order valence-electron chi connectivity index (χ4n) is 1.47. The molecule has 2 nitrogen and oxygen atoms in total. The lowest BCUT2D eigenvalue weighted by Gasteiger charge is -2.22. The Hall–Kier alpha value is -0.830. The summed E-state index contributed by atoms with van der Waals surface area (Å²) in [5, 5.41) is 2.09. The number of thiophene rings is 1. The van der Waals surface area contributed by atoms with E-state index in [2.05, 4.69) is 36.1 Å². The Bertz CT molecular complexity index is 301. The Balaban J connectivity index is 2.39. The summed E-state index contributed by atoms with van der Waals surface area (Å²) >= 11 is 1.77. The van der Waals surface area contributed by atoms with Crippen LogP contribution in [0.2, 0.25) is 0 Å².